The molecule has 0 saturated carbocycles. The van der Waals surface area contributed by atoms with Crippen LogP contribution in [0.1, 0.15) is 39.2 Å². The van der Waals surface area contributed by atoms with E-state index in [2.05, 4.69) is 12.2 Å². The second-order valence-corrected chi connectivity index (χ2v) is 5.64. The molecule has 0 spiro atoms. The van der Waals surface area contributed by atoms with Crippen molar-refractivity contribution in [3.05, 3.63) is 35.9 Å². The van der Waals surface area contributed by atoms with Gasteiger partial charge in [0.1, 0.15) is 11.8 Å². The van der Waals surface area contributed by atoms with E-state index in [-0.39, 0.29) is 5.92 Å². The molecule has 126 valence electrons. The Kier molecular flexibility index (Phi) is 7.88. The lowest BCUT2D eigenvalue weighted by Gasteiger charge is -2.16. The lowest BCUT2D eigenvalue weighted by atomic mass is 10.0. The molecule has 0 aliphatic rings. The van der Waals surface area contributed by atoms with Crippen LogP contribution in [0.4, 0.5) is 0 Å². The van der Waals surface area contributed by atoms with Gasteiger partial charge in [0, 0.05) is 11.6 Å². The van der Waals surface area contributed by atoms with Crippen molar-refractivity contribution in [2.75, 3.05) is 6.61 Å². The number of hydrogen-bond donors (Lipinski definition) is 2. The van der Waals surface area contributed by atoms with Crippen molar-refractivity contribution in [1.29, 1.82) is 0 Å². The molecule has 2 N–H and O–H groups in total. The summed E-state index contributed by atoms with van der Waals surface area (Å²) in [5.74, 6) is -0.947. The maximum atomic E-state index is 11.9. The summed E-state index contributed by atoms with van der Waals surface area (Å²) >= 11 is 0. The Morgan fingerprint density at radius 3 is 2.61 bits per heavy atom. The van der Waals surface area contributed by atoms with Crippen LogP contribution < -0.4 is 10.1 Å². The lowest BCUT2D eigenvalue weighted by Crippen LogP contribution is -2.43. The molecular formula is C18H25NO4. The number of carbonyl (C=O) groups is 2. The van der Waals surface area contributed by atoms with Crippen LogP contribution in [-0.4, -0.2) is 29.6 Å². The number of para-hydroxylation sites is 1. The zero-order valence-corrected chi connectivity index (χ0v) is 13.9. The number of amides is 1. The van der Waals surface area contributed by atoms with Gasteiger partial charge in [0.2, 0.25) is 5.91 Å². The maximum Gasteiger partial charge on any atom is 0.326 e. The van der Waals surface area contributed by atoms with E-state index in [4.69, 9.17) is 9.84 Å². The second kappa shape index (κ2) is 9.66. The fourth-order valence-electron chi connectivity index (χ4n) is 1.96. The number of hydrogen-bond acceptors (Lipinski definition) is 3. The molecule has 0 aliphatic heterocycles. The first kappa shape index (κ1) is 18.7. The standard InChI is InChI=1S/C18H25NO4/c1-4-5-12-23-15-9-7-6-8-14(15)10-11-16(20)19-17(13(2)3)18(21)22/h6-11,13,17H,4-5,12H2,1-3H3,(H,19,20)(H,21,22)/b11-10+/t17-/m0/s1. The minimum Gasteiger partial charge on any atom is -0.493 e. The first-order valence-electron chi connectivity index (χ1n) is 7.89. The van der Waals surface area contributed by atoms with Crippen LogP contribution in [0.15, 0.2) is 30.3 Å². The van der Waals surface area contributed by atoms with Crippen molar-refractivity contribution < 1.29 is 19.4 Å². The number of nitrogens with one attached hydrogen (secondary N) is 1. The molecule has 1 aromatic rings. The number of carbonyl (C=O) groups excluding carboxylic acids is 1. The summed E-state index contributed by atoms with van der Waals surface area (Å²) < 4.78 is 5.69. The lowest BCUT2D eigenvalue weighted by molar-refractivity contribution is -0.142. The topological polar surface area (TPSA) is 75.6 Å². The number of carboxylic acids is 1. The fourth-order valence-corrected chi connectivity index (χ4v) is 1.96. The molecule has 0 unspecified atom stereocenters. The highest BCUT2D eigenvalue weighted by atomic mass is 16.5. The molecule has 0 saturated heterocycles. The Bertz CT molecular complexity index is 552. The summed E-state index contributed by atoms with van der Waals surface area (Å²) in [5.41, 5.74) is 0.787. The average molecular weight is 319 g/mol. The van der Waals surface area contributed by atoms with E-state index in [1.165, 1.54) is 6.08 Å². The molecule has 1 atom stereocenters. The predicted molar refractivity (Wildman–Crippen MR) is 90.3 cm³/mol. The minimum atomic E-state index is -1.04. The van der Waals surface area contributed by atoms with E-state index in [9.17, 15) is 9.59 Å². The average Bonchev–Trinajstić information content (AvgIpc) is 2.51. The molecule has 1 rings (SSSR count). The van der Waals surface area contributed by atoms with E-state index in [1.807, 2.05) is 24.3 Å². The third kappa shape index (κ3) is 6.55. The SMILES string of the molecule is CCCCOc1ccccc1/C=C/C(=O)N[C@H](C(=O)O)C(C)C. The first-order valence-corrected chi connectivity index (χ1v) is 7.89. The van der Waals surface area contributed by atoms with E-state index in [0.717, 1.165) is 18.4 Å². The van der Waals surface area contributed by atoms with Crippen molar-refractivity contribution in [1.82, 2.24) is 5.32 Å². The number of benzene rings is 1. The van der Waals surface area contributed by atoms with E-state index < -0.39 is 17.9 Å². The summed E-state index contributed by atoms with van der Waals surface area (Å²) in [5, 5.41) is 11.6. The normalized spacial score (nSPS) is 12.3. The molecule has 23 heavy (non-hydrogen) atoms. The van der Waals surface area contributed by atoms with Gasteiger partial charge in [-0.05, 0) is 24.5 Å². The van der Waals surface area contributed by atoms with Crippen molar-refractivity contribution >= 4 is 18.0 Å². The fraction of sp³-hybridized carbons (Fsp3) is 0.444. The van der Waals surface area contributed by atoms with E-state index >= 15 is 0 Å². The number of aliphatic carboxylic acids is 1. The number of carboxylic acid groups (broad SMARTS) is 1. The molecule has 0 fully saturated rings. The molecule has 0 bridgehead atoms. The Morgan fingerprint density at radius 2 is 2.00 bits per heavy atom. The first-order chi connectivity index (χ1) is 11.0. The van der Waals surface area contributed by atoms with Crippen LogP contribution >= 0.6 is 0 Å². The summed E-state index contributed by atoms with van der Waals surface area (Å²) in [6.45, 7) is 6.22. The van der Waals surface area contributed by atoms with Gasteiger partial charge in [-0.15, -0.1) is 0 Å². The third-order valence-corrected chi connectivity index (χ3v) is 3.32. The molecule has 0 aliphatic carbocycles. The highest BCUT2D eigenvalue weighted by Gasteiger charge is 2.22. The van der Waals surface area contributed by atoms with Gasteiger partial charge in [0.15, 0.2) is 0 Å². The maximum absolute atomic E-state index is 11.9. The predicted octanol–water partition coefficient (Wildman–Crippen LogP) is 3.10. The van der Waals surface area contributed by atoms with Crippen LogP contribution in [0.3, 0.4) is 0 Å². The second-order valence-electron chi connectivity index (χ2n) is 5.64. The molecule has 1 aromatic carbocycles. The van der Waals surface area contributed by atoms with Crippen LogP contribution in [0.25, 0.3) is 6.08 Å². The quantitative estimate of drug-likeness (QED) is 0.542. The molecule has 0 aromatic heterocycles. The molecule has 0 heterocycles. The summed E-state index contributed by atoms with van der Waals surface area (Å²) in [4.78, 5) is 23.0. The minimum absolute atomic E-state index is 0.186. The van der Waals surface area contributed by atoms with Crippen LogP contribution in [0.5, 0.6) is 5.75 Å². The van der Waals surface area contributed by atoms with Crippen molar-refractivity contribution in [3.63, 3.8) is 0 Å². The van der Waals surface area contributed by atoms with Crippen molar-refractivity contribution in [2.45, 2.75) is 39.7 Å². The van der Waals surface area contributed by atoms with Gasteiger partial charge in [-0.2, -0.15) is 0 Å². The van der Waals surface area contributed by atoms with Gasteiger partial charge in [-0.3, -0.25) is 4.79 Å². The Morgan fingerprint density at radius 1 is 1.30 bits per heavy atom. The summed E-state index contributed by atoms with van der Waals surface area (Å²) in [6, 6.07) is 6.53. The molecule has 0 radical (unpaired) electrons. The third-order valence-electron chi connectivity index (χ3n) is 3.32. The van der Waals surface area contributed by atoms with Crippen molar-refractivity contribution in [3.8, 4) is 5.75 Å². The molecular weight excluding hydrogens is 294 g/mol. The van der Waals surface area contributed by atoms with Gasteiger partial charge in [0.05, 0.1) is 6.61 Å². The molecule has 5 nitrogen and oxygen atoms in total. The van der Waals surface area contributed by atoms with Crippen molar-refractivity contribution in [2.24, 2.45) is 5.92 Å². The van der Waals surface area contributed by atoms with Gasteiger partial charge in [-0.25, -0.2) is 4.79 Å². The van der Waals surface area contributed by atoms with Crippen LogP contribution in [0.2, 0.25) is 0 Å². The molecule has 5 heteroatoms. The number of rotatable bonds is 9. The smallest absolute Gasteiger partial charge is 0.326 e. The van der Waals surface area contributed by atoms with Gasteiger partial charge in [0.25, 0.3) is 0 Å². The number of ether oxygens (including phenoxy) is 1. The van der Waals surface area contributed by atoms with Gasteiger partial charge >= 0.3 is 5.97 Å². The summed E-state index contributed by atoms with van der Waals surface area (Å²) in [7, 11) is 0. The van der Waals surface area contributed by atoms with Gasteiger partial charge < -0.3 is 15.2 Å². The van der Waals surface area contributed by atoms with E-state index in [0.29, 0.717) is 12.4 Å². The monoisotopic (exact) mass is 319 g/mol. The summed E-state index contributed by atoms with van der Waals surface area (Å²) in [6.07, 6.45) is 4.98. The zero-order chi connectivity index (χ0) is 17.2. The zero-order valence-electron chi connectivity index (χ0n) is 13.9. The highest BCUT2D eigenvalue weighted by molar-refractivity contribution is 5.94. The Hall–Kier alpha value is -2.30. The Labute approximate surface area is 137 Å². The van der Waals surface area contributed by atoms with Crippen LogP contribution in [-0.2, 0) is 9.59 Å². The van der Waals surface area contributed by atoms with Gasteiger partial charge in [-0.1, -0.05) is 45.4 Å². The van der Waals surface area contributed by atoms with E-state index in [1.54, 1.807) is 19.9 Å². The largest absolute Gasteiger partial charge is 0.493 e. The van der Waals surface area contributed by atoms with Crippen LogP contribution in [0, 0.1) is 5.92 Å². The number of unbranched alkanes of at least 4 members (excludes halogenated alkanes) is 1. The Balaban J connectivity index is 2.72. The molecule has 1 amide bonds. The highest BCUT2D eigenvalue weighted by Crippen LogP contribution is 2.19.